The Morgan fingerprint density at radius 2 is 1.76 bits per heavy atom. The number of likely N-dealkylation sites (tertiary alicyclic amines) is 1. The maximum Gasteiger partial charge on any atom is 0.229 e. The van der Waals surface area contributed by atoms with Crippen LogP contribution in [-0.2, 0) is 0 Å². The Bertz CT molecular complexity index is 1910. The van der Waals surface area contributed by atoms with Crippen molar-refractivity contribution >= 4 is 80.8 Å². The number of rotatable bonds is 12. The van der Waals surface area contributed by atoms with Gasteiger partial charge < -0.3 is 35.9 Å². The van der Waals surface area contributed by atoms with E-state index in [0.717, 1.165) is 68.0 Å². The van der Waals surface area contributed by atoms with E-state index in [1.165, 1.54) is 64.4 Å². The Balaban J connectivity index is 1.15. The number of aromatic nitrogens is 4. The highest BCUT2D eigenvalue weighted by Gasteiger charge is 2.39. The molecule has 11 nitrogen and oxygen atoms in total. The maximum atomic E-state index is 8.33. The van der Waals surface area contributed by atoms with E-state index < -0.39 is 7.92 Å². The lowest BCUT2D eigenvalue weighted by molar-refractivity contribution is 0.0773. The number of fused-ring (bicyclic) bond motifs is 1. The third-order valence-electron chi connectivity index (χ3n) is 10.7. The fourth-order valence-electron chi connectivity index (χ4n) is 7.62. The van der Waals surface area contributed by atoms with Gasteiger partial charge in [0.1, 0.15) is 11.6 Å². The molecule has 0 atom stereocenters. The molecule has 0 amide bonds. The molecule has 4 heterocycles. The maximum absolute atomic E-state index is 8.33. The van der Waals surface area contributed by atoms with Crippen LogP contribution in [0.4, 0.5) is 28.8 Å². The molecule has 0 radical (unpaired) electrons. The SMILES string of the molecule is CN/C=C(\C=N)c1cc(Nc2ncc(Br)c(Nc3ccc4nccnc4c3P(C)C)n2)c(OC)cc1N1CCC2(CCN(CC3CC3)CC2)CC1. The first-order chi connectivity index (χ1) is 24.8. The summed E-state index contributed by atoms with van der Waals surface area (Å²) in [6.45, 7) is 10.2. The number of allylic oxidation sites excluding steroid dienone is 1. The van der Waals surface area contributed by atoms with Crippen molar-refractivity contribution in [2.75, 3.05) is 75.7 Å². The van der Waals surface area contributed by atoms with Crippen molar-refractivity contribution in [3.63, 3.8) is 0 Å². The lowest BCUT2D eigenvalue weighted by Gasteiger charge is -2.48. The number of nitrogens with zero attached hydrogens (tertiary/aromatic N) is 6. The molecule has 268 valence electrons. The van der Waals surface area contributed by atoms with Crippen molar-refractivity contribution < 1.29 is 4.74 Å². The van der Waals surface area contributed by atoms with Crippen LogP contribution in [0, 0.1) is 16.7 Å². The summed E-state index contributed by atoms with van der Waals surface area (Å²) in [5.41, 5.74) is 6.68. The topological polar surface area (TPSA) is 127 Å². The largest absolute Gasteiger partial charge is 0.494 e. The summed E-state index contributed by atoms with van der Waals surface area (Å²) in [4.78, 5) is 23.8. The molecule has 4 N–H and O–H groups in total. The number of methoxy groups -OCH3 is 1. The number of ether oxygens (including phenoxy) is 1. The fourth-order valence-corrected chi connectivity index (χ4v) is 9.12. The molecule has 2 aromatic carbocycles. The standard InChI is InChI=1S/C38H48BrN10OP/c1-41-22-26(21-40)27-19-31(33(50-2)20-32(27)49-17-11-38(12-18-49)9-15-48(16-10-38)24-25-5-6-25)46-37-44-23-28(39)36(47-37)45-30-8-7-29-34(35(30)51(3)4)43-14-13-42-29/h7-8,13-14,19-23,25,40-41H,5-6,9-12,15-18,24H2,1-4H3,(H2,44,45,46,47)/b26-22+,40-21?. The summed E-state index contributed by atoms with van der Waals surface area (Å²) in [6.07, 6.45) is 16.3. The second kappa shape index (κ2) is 15.4. The molecular formula is C38H48BrN10OP. The molecule has 13 heteroatoms. The Morgan fingerprint density at radius 3 is 2.45 bits per heavy atom. The van der Waals surface area contributed by atoms with Gasteiger partial charge in [-0.05, 0) is 110 Å². The first-order valence-corrected chi connectivity index (χ1v) is 20.9. The minimum atomic E-state index is -0.499. The third-order valence-corrected chi connectivity index (χ3v) is 12.6. The van der Waals surface area contributed by atoms with Gasteiger partial charge in [0.2, 0.25) is 5.95 Å². The minimum absolute atomic E-state index is 0.414. The zero-order valence-electron chi connectivity index (χ0n) is 30.0. The van der Waals surface area contributed by atoms with Crippen molar-refractivity contribution in [3.05, 3.63) is 59.1 Å². The van der Waals surface area contributed by atoms with Crippen LogP contribution in [0.25, 0.3) is 16.6 Å². The monoisotopic (exact) mass is 770 g/mol. The summed E-state index contributed by atoms with van der Waals surface area (Å²) in [7, 11) is 3.06. The van der Waals surface area contributed by atoms with Gasteiger partial charge in [0.05, 0.1) is 28.3 Å². The highest BCUT2D eigenvalue weighted by molar-refractivity contribution is 9.10. The van der Waals surface area contributed by atoms with E-state index in [9.17, 15) is 0 Å². The van der Waals surface area contributed by atoms with Crippen LogP contribution in [0.3, 0.4) is 0 Å². The molecule has 1 saturated carbocycles. The van der Waals surface area contributed by atoms with Crippen LogP contribution in [0.1, 0.15) is 44.1 Å². The van der Waals surface area contributed by atoms with Crippen LogP contribution in [-0.4, -0.2) is 91.3 Å². The van der Waals surface area contributed by atoms with Gasteiger partial charge in [-0.2, -0.15) is 4.98 Å². The van der Waals surface area contributed by atoms with E-state index in [1.54, 1.807) is 25.7 Å². The van der Waals surface area contributed by atoms with Gasteiger partial charge in [0, 0.05) is 91.6 Å². The normalized spacial score (nSPS) is 17.9. The molecule has 3 aliphatic rings. The van der Waals surface area contributed by atoms with Crippen LogP contribution in [0.5, 0.6) is 5.75 Å². The van der Waals surface area contributed by atoms with Gasteiger partial charge in [-0.25, -0.2) is 4.98 Å². The van der Waals surface area contributed by atoms with E-state index >= 15 is 0 Å². The first-order valence-electron chi connectivity index (χ1n) is 17.8. The summed E-state index contributed by atoms with van der Waals surface area (Å²) in [6, 6.07) is 8.18. The Hall–Kier alpha value is -3.86. The highest BCUT2D eigenvalue weighted by atomic mass is 79.9. The number of piperidine rings is 2. The van der Waals surface area contributed by atoms with Crippen LogP contribution in [0.15, 0.2) is 53.5 Å². The van der Waals surface area contributed by atoms with E-state index in [-0.39, 0.29) is 0 Å². The number of nitrogens with one attached hydrogen (secondary N) is 4. The van der Waals surface area contributed by atoms with Crippen molar-refractivity contribution in [1.82, 2.24) is 30.2 Å². The van der Waals surface area contributed by atoms with Crippen LogP contribution >= 0.6 is 23.9 Å². The number of hydrogen-bond donors (Lipinski definition) is 4. The zero-order chi connectivity index (χ0) is 35.5. The molecule has 3 fully saturated rings. The second-order valence-corrected chi connectivity index (χ2v) is 17.3. The molecular weight excluding hydrogens is 723 g/mol. The fraction of sp³-hybridized carbons (Fsp3) is 0.447. The summed E-state index contributed by atoms with van der Waals surface area (Å²) in [5, 5.41) is 19.6. The summed E-state index contributed by atoms with van der Waals surface area (Å²) in [5.74, 6) is 2.69. The van der Waals surface area contributed by atoms with Crippen LogP contribution in [0.2, 0.25) is 0 Å². The molecule has 51 heavy (non-hydrogen) atoms. The zero-order valence-corrected chi connectivity index (χ0v) is 32.4. The van der Waals surface area contributed by atoms with Gasteiger partial charge in [0.25, 0.3) is 0 Å². The number of benzene rings is 2. The number of anilines is 5. The highest BCUT2D eigenvalue weighted by Crippen LogP contribution is 2.45. The van der Waals surface area contributed by atoms with Gasteiger partial charge in [-0.3, -0.25) is 9.97 Å². The molecule has 4 aromatic rings. The predicted octanol–water partition coefficient (Wildman–Crippen LogP) is 7.35. The van der Waals surface area contributed by atoms with E-state index in [1.807, 2.05) is 25.4 Å². The van der Waals surface area contributed by atoms with Crippen molar-refractivity contribution in [3.8, 4) is 5.75 Å². The molecule has 1 aliphatic carbocycles. The van der Waals surface area contributed by atoms with Gasteiger partial charge >= 0.3 is 0 Å². The molecule has 7 rings (SSSR count). The lowest BCUT2D eigenvalue weighted by Crippen LogP contribution is -2.47. The van der Waals surface area contributed by atoms with Gasteiger partial charge in [0.15, 0.2) is 0 Å². The molecule has 0 unspecified atom stereocenters. The third kappa shape index (κ3) is 7.83. The van der Waals surface area contributed by atoms with Crippen LogP contribution < -0.4 is 30.9 Å². The lowest BCUT2D eigenvalue weighted by atomic mass is 9.71. The average Bonchev–Trinajstić information content (AvgIpc) is 3.97. The Kier molecular flexibility index (Phi) is 10.7. The molecule has 0 bridgehead atoms. The van der Waals surface area contributed by atoms with Crippen molar-refractivity contribution in [2.45, 2.75) is 38.5 Å². The van der Waals surface area contributed by atoms with E-state index in [4.69, 9.17) is 15.1 Å². The number of halogens is 1. The molecule has 1 spiro atoms. The molecule has 2 aliphatic heterocycles. The first kappa shape index (κ1) is 35.5. The van der Waals surface area contributed by atoms with Crippen molar-refractivity contribution in [1.29, 1.82) is 5.41 Å². The minimum Gasteiger partial charge on any atom is -0.494 e. The Morgan fingerprint density at radius 1 is 1.02 bits per heavy atom. The summed E-state index contributed by atoms with van der Waals surface area (Å²) >= 11 is 3.65. The predicted molar refractivity (Wildman–Crippen MR) is 215 cm³/mol. The second-order valence-electron chi connectivity index (χ2n) is 14.3. The molecule has 2 aromatic heterocycles. The van der Waals surface area contributed by atoms with E-state index in [0.29, 0.717) is 22.9 Å². The van der Waals surface area contributed by atoms with E-state index in [2.05, 4.69) is 82.1 Å². The van der Waals surface area contributed by atoms with Gasteiger partial charge in [-0.15, -0.1) is 0 Å². The average molecular weight is 772 g/mol. The summed E-state index contributed by atoms with van der Waals surface area (Å²) < 4.78 is 6.72. The Labute approximate surface area is 310 Å². The van der Waals surface area contributed by atoms with Gasteiger partial charge in [-0.1, -0.05) is 7.92 Å². The molecule has 2 saturated heterocycles. The number of hydrogen-bond acceptors (Lipinski definition) is 11. The smallest absolute Gasteiger partial charge is 0.229 e. The quantitative estimate of drug-likeness (QED) is 0.0859. The van der Waals surface area contributed by atoms with Crippen molar-refractivity contribution in [2.24, 2.45) is 11.3 Å².